The van der Waals surface area contributed by atoms with Crippen LogP contribution in [0.15, 0.2) is 52.9 Å². The Bertz CT molecular complexity index is 888. The summed E-state index contributed by atoms with van der Waals surface area (Å²) >= 11 is 0. The Morgan fingerprint density at radius 2 is 1.88 bits per heavy atom. The molecular formula is C20H22N4O2. The normalized spacial score (nSPS) is 10.6. The Balaban J connectivity index is 1.57. The molecule has 2 aromatic carbocycles. The maximum absolute atomic E-state index is 12.2. The first-order valence-corrected chi connectivity index (χ1v) is 8.48. The third-order valence-corrected chi connectivity index (χ3v) is 4.05. The number of carbonyl (C=O) groups excluding carboxylic acids is 1. The van der Waals surface area contributed by atoms with Crippen molar-refractivity contribution < 1.29 is 9.21 Å². The fraction of sp³-hybridized carbons (Fsp3) is 0.250. The molecule has 0 atom stereocenters. The first-order valence-electron chi connectivity index (χ1n) is 8.48. The van der Waals surface area contributed by atoms with Crippen molar-refractivity contribution in [2.75, 3.05) is 24.3 Å². The quantitative estimate of drug-likeness (QED) is 0.734. The molecule has 0 aliphatic heterocycles. The van der Waals surface area contributed by atoms with Gasteiger partial charge in [-0.25, -0.2) is 0 Å². The van der Waals surface area contributed by atoms with Gasteiger partial charge in [0.05, 0.1) is 0 Å². The number of nitrogens with zero attached hydrogens (tertiary/aromatic N) is 3. The van der Waals surface area contributed by atoms with Crippen LogP contribution in [0.3, 0.4) is 0 Å². The van der Waals surface area contributed by atoms with Crippen LogP contribution < -0.4 is 10.2 Å². The number of benzene rings is 2. The molecular weight excluding hydrogens is 328 g/mol. The van der Waals surface area contributed by atoms with E-state index in [-0.39, 0.29) is 12.3 Å². The van der Waals surface area contributed by atoms with E-state index in [1.165, 1.54) is 0 Å². The summed E-state index contributed by atoms with van der Waals surface area (Å²) in [5.74, 6) is 0.847. The van der Waals surface area contributed by atoms with Gasteiger partial charge >= 0.3 is 0 Å². The van der Waals surface area contributed by atoms with Crippen LogP contribution in [-0.4, -0.2) is 30.2 Å². The summed E-state index contributed by atoms with van der Waals surface area (Å²) in [7, 11) is 3.97. The highest BCUT2D eigenvalue weighted by atomic mass is 16.4. The molecule has 0 radical (unpaired) electrons. The molecule has 1 aromatic heterocycles. The Morgan fingerprint density at radius 1 is 1.12 bits per heavy atom. The lowest BCUT2D eigenvalue weighted by Crippen LogP contribution is -2.14. The summed E-state index contributed by atoms with van der Waals surface area (Å²) in [4.78, 5) is 14.2. The molecule has 0 bridgehead atoms. The van der Waals surface area contributed by atoms with Crippen molar-refractivity contribution >= 4 is 17.3 Å². The van der Waals surface area contributed by atoms with E-state index in [9.17, 15) is 4.79 Å². The maximum atomic E-state index is 12.2. The van der Waals surface area contributed by atoms with Crippen LogP contribution in [-0.2, 0) is 11.2 Å². The Morgan fingerprint density at radius 3 is 2.58 bits per heavy atom. The van der Waals surface area contributed by atoms with E-state index < -0.39 is 0 Å². The van der Waals surface area contributed by atoms with Crippen LogP contribution in [0.5, 0.6) is 0 Å². The van der Waals surface area contributed by atoms with E-state index in [0.717, 1.165) is 22.5 Å². The molecule has 3 aromatic rings. The number of nitrogens with one attached hydrogen (secondary N) is 1. The molecule has 3 rings (SSSR count). The number of rotatable bonds is 6. The van der Waals surface area contributed by atoms with Crippen molar-refractivity contribution in [3.8, 4) is 11.5 Å². The molecule has 0 spiro atoms. The van der Waals surface area contributed by atoms with E-state index in [1.807, 2.05) is 74.4 Å². The van der Waals surface area contributed by atoms with Gasteiger partial charge in [-0.2, -0.15) is 0 Å². The van der Waals surface area contributed by atoms with E-state index in [0.29, 0.717) is 18.2 Å². The minimum atomic E-state index is -0.0786. The zero-order chi connectivity index (χ0) is 18.5. The number of aromatic nitrogens is 2. The minimum Gasteiger partial charge on any atom is -0.421 e. The van der Waals surface area contributed by atoms with Crippen LogP contribution in [0.25, 0.3) is 11.5 Å². The monoisotopic (exact) mass is 350 g/mol. The molecule has 0 saturated carbocycles. The largest absolute Gasteiger partial charge is 0.421 e. The predicted octanol–water partition coefficient (Wildman–Crippen LogP) is 3.68. The second kappa shape index (κ2) is 7.82. The van der Waals surface area contributed by atoms with E-state index >= 15 is 0 Å². The first-order chi connectivity index (χ1) is 12.5. The smallest absolute Gasteiger partial charge is 0.247 e. The zero-order valence-electron chi connectivity index (χ0n) is 15.2. The van der Waals surface area contributed by atoms with Gasteiger partial charge in [0.15, 0.2) is 0 Å². The van der Waals surface area contributed by atoms with Crippen molar-refractivity contribution in [3.05, 3.63) is 60.0 Å². The lowest BCUT2D eigenvalue weighted by molar-refractivity contribution is -0.116. The number of amides is 1. The van der Waals surface area contributed by atoms with Gasteiger partial charge in [0, 0.05) is 43.9 Å². The number of hydrogen-bond donors (Lipinski definition) is 1. The summed E-state index contributed by atoms with van der Waals surface area (Å²) in [5, 5.41) is 11.0. The SMILES string of the molecule is Cc1cc(N(C)C)ccc1NC(=O)CCc1nnc(-c2ccccc2)o1. The Kier molecular flexibility index (Phi) is 5.31. The van der Waals surface area contributed by atoms with Gasteiger partial charge < -0.3 is 14.6 Å². The molecule has 6 nitrogen and oxygen atoms in total. The molecule has 0 aliphatic rings. The van der Waals surface area contributed by atoms with Gasteiger partial charge in [0.1, 0.15) is 0 Å². The van der Waals surface area contributed by atoms with E-state index in [2.05, 4.69) is 15.5 Å². The molecule has 1 heterocycles. The number of anilines is 2. The molecule has 0 fully saturated rings. The fourth-order valence-corrected chi connectivity index (χ4v) is 2.55. The topological polar surface area (TPSA) is 71.3 Å². The van der Waals surface area contributed by atoms with Crippen molar-refractivity contribution in [2.45, 2.75) is 19.8 Å². The zero-order valence-corrected chi connectivity index (χ0v) is 15.2. The Labute approximate surface area is 152 Å². The second-order valence-corrected chi connectivity index (χ2v) is 6.31. The molecule has 0 aliphatic carbocycles. The van der Waals surface area contributed by atoms with Crippen LogP contribution in [0.2, 0.25) is 0 Å². The summed E-state index contributed by atoms with van der Waals surface area (Å²) in [6.45, 7) is 1.98. The van der Waals surface area contributed by atoms with Gasteiger partial charge in [-0.1, -0.05) is 18.2 Å². The van der Waals surface area contributed by atoms with Gasteiger partial charge in [0.2, 0.25) is 17.7 Å². The third kappa shape index (κ3) is 4.27. The average molecular weight is 350 g/mol. The molecule has 0 saturated heterocycles. The molecule has 134 valence electrons. The van der Waals surface area contributed by atoms with E-state index in [4.69, 9.17) is 4.42 Å². The van der Waals surface area contributed by atoms with Gasteiger partial charge in [-0.15, -0.1) is 10.2 Å². The van der Waals surface area contributed by atoms with Gasteiger partial charge in [-0.05, 0) is 42.8 Å². The molecule has 0 unspecified atom stereocenters. The lowest BCUT2D eigenvalue weighted by Gasteiger charge is -2.15. The minimum absolute atomic E-state index is 0.0786. The molecule has 26 heavy (non-hydrogen) atoms. The van der Waals surface area contributed by atoms with Crippen LogP contribution >= 0.6 is 0 Å². The van der Waals surface area contributed by atoms with Gasteiger partial charge in [-0.3, -0.25) is 4.79 Å². The Hall–Kier alpha value is -3.15. The van der Waals surface area contributed by atoms with Gasteiger partial charge in [0.25, 0.3) is 0 Å². The molecule has 1 N–H and O–H groups in total. The molecule has 1 amide bonds. The highest BCUT2D eigenvalue weighted by molar-refractivity contribution is 5.91. The lowest BCUT2D eigenvalue weighted by atomic mass is 10.1. The van der Waals surface area contributed by atoms with Crippen molar-refractivity contribution in [1.82, 2.24) is 10.2 Å². The summed E-state index contributed by atoms with van der Waals surface area (Å²) in [6.07, 6.45) is 0.686. The molecule has 6 heteroatoms. The predicted molar refractivity (Wildman–Crippen MR) is 102 cm³/mol. The van der Waals surface area contributed by atoms with Crippen molar-refractivity contribution in [1.29, 1.82) is 0 Å². The first kappa shape index (κ1) is 17.7. The van der Waals surface area contributed by atoms with Crippen LogP contribution in [0.4, 0.5) is 11.4 Å². The van der Waals surface area contributed by atoms with Crippen molar-refractivity contribution in [3.63, 3.8) is 0 Å². The summed E-state index contributed by atoms with van der Waals surface area (Å²) in [5.41, 5.74) is 3.80. The summed E-state index contributed by atoms with van der Waals surface area (Å²) in [6, 6.07) is 15.5. The number of hydrogen-bond acceptors (Lipinski definition) is 5. The van der Waals surface area contributed by atoms with Crippen molar-refractivity contribution in [2.24, 2.45) is 0 Å². The highest BCUT2D eigenvalue weighted by Gasteiger charge is 2.11. The summed E-state index contributed by atoms with van der Waals surface area (Å²) < 4.78 is 5.63. The number of aryl methyl sites for hydroxylation is 2. The second-order valence-electron chi connectivity index (χ2n) is 6.31. The maximum Gasteiger partial charge on any atom is 0.247 e. The third-order valence-electron chi connectivity index (χ3n) is 4.05. The standard InChI is InChI=1S/C20H22N4O2/c1-14-13-16(24(2)3)9-10-17(14)21-18(25)11-12-19-22-23-20(26-19)15-7-5-4-6-8-15/h4-10,13H,11-12H2,1-3H3,(H,21,25). The van der Waals surface area contributed by atoms with Crippen LogP contribution in [0, 0.1) is 6.92 Å². The fourth-order valence-electron chi connectivity index (χ4n) is 2.55. The van der Waals surface area contributed by atoms with E-state index in [1.54, 1.807) is 0 Å². The average Bonchev–Trinajstić information content (AvgIpc) is 3.11. The van der Waals surface area contributed by atoms with Crippen LogP contribution in [0.1, 0.15) is 17.9 Å². The highest BCUT2D eigenvalue weighted by Crippen LogP contribution is 2.22. The number of carbonyl (C=O) groups is 1.